The highest BCUT2D eigenvalue weighted by atomic mass is 32.2. The zero-order chi connectivity index (χ0) is 23.3. The molecule has 170 valence electrons. The van der Waals surface area contributed by atoms with Crippen molar-refractivity contribution in [2.75, 3.05) is 0 Å². The number of Topliss-reactive ketones (excluding diaryl/α,β-unsaturated/α-hetero) is 1. The number of sulfone groups is 1. The Kier molecular flexibility index (Phi) is 5.60. The van der Waals surface area contributed by atoms with Crippen LogP contribution in [0, 0.1) is 18.7 Å². The molecular weight excluding hydrogens is 448 g/mol. The molecule has 1 saturated carbocycles. The average Bonchev–Trinajstić information content (AvgIpc) is 3.08. The number of pyridine rings is 1. The molecule has 3 aromatic rings. The number of benzene rings is 1. The minimum Gasteiger partial charge on any atom is -0.306 e. The van der Waals surface area contributed by atoms with Crippen molar-refractivity contribution in [1.82, 2.24) is 9.38 Å². The van der Waals surface area contributed by atoms with E-state index in [1.165, 1.54) is 28.8 Å². The van der Waals surface area contributed by atoms with E-state index in [2.05, 4.69) is 4.98 Å². The first-order valence-corrected chi connectivity index (χ1v) is 11.6. The van der Waals surface area contributed by atoms with Crippen molar-refractivity contribution in [3.8, 4) is 0 Å². The Balaban J connectivity index is 1.36. The number of carbonyl (C=O) groups excluding carboxylic acids is 1. The van der Waals surface area contributed by atoms with Crippen molar-refractivity contribution in [2.45, 2.75) is 48.9 Å². The van der Waals surface area contributed by atoms with Gasteiger partial charge >= 0.3 is 6.18 Å². The molecule has 2 aromatic heterocycles. The number of hydrogen-bond acceptors (Lipinski definition) is 4. The monoisotopic (exact) mass is 468 g/mol. The van der Waals surface area contributed by atoms with Gasteiger partial charge in [-0.1, -0.05) is 0 Å². The van der Waals surface area contributed by atoms with Gasteiger partial charge in [-0.2, -0.15) is 13.2 Å². The molecule has 5 nitrogen and oxygen atoms in total. The zero-order valence-corrected chi connectivity index (χ0v) is 17.9. The second-order valence-corrected chi connectivity index (χ2v) is 10.5. The number of aryl methyl sites for hydroxylation is 1. The van der Waals surface area contributed by atoms with Gasteiger partial charge < -0.3 is 4.40 Å². The zero-order valence-electron chi connectivity index (χ0n) is 17.1. The highest BCUT2D eigenvalue weighted by molar-refractivity contribution is 7.92. The summed E-state index contributed by atoms with van der Waals surface area (Å²) >= 11 is 0. The Labute approximate surface area is 182 Å². The first-order chi connectivity index (χ1) is 14.9. The summed E-state index contributed by atoms with van der Waals surface area (Å²) in [7, 11) is -3.64. The van der Waals surface area contributed by atoms with Crippen molar-refractivity contribution in [3.05, 3.63) is 65.4 Å². The maximum atomic E-state index is 13.6. The number of ketones is 1. The summed E-state index contributed by atoms with van der Waals surface area (Å²) in [5.41, 5.74) is 0.000979. The minimum atomic E-state index is -4.49. The lowest BCUT2D eigenvalue weighted by Crippen LogP contribution is -2.36. The van der Waals surface area contributed by atoms with Crippen molar-refractivity contribution in [3.63, 3.8) is 0 Å². The molecule has 32 heavy (non-hydrogen) atoms. The number of aromatic nitrogens is 2. The van der Waals surface area contributed by atoms with Gasteiger partial charge in [-0.3, -0.25) is 4.79 Å². The predicted octanol–water partition coefficient (Wildman–Crippen LogP) is 5.02. The number of alkyl halides is 3. The fourth-order valence-corrected chi connectivity index (χ4v) is 6.04. The highest BCUT2D eigenvalue weighted by Gasteiger charge is 2.39. The lowest BCUT2D eigenvalue weighted by molar-refractivity contribution is -0.137. The van der Waals surface area contributed by atoms with Crippen LogP contribution in [0.4, 0.5) is 17.6 Å². The third kappa shape index (κ3) is 4.41. The molecule has 0 N–H and O–H groups in total. The van der Waals surface area contributed by atoms with Crippen LogP contribution in [0.15, 0.2) is 47.6 Å². The van der Waals surface area contributed by atoms with Crippen LogP contribution in [0.3, 0.4) is 0 Å². The Morgan fingerprint density at radius 2 is 1.88 bits per heavy atom. The molecule has 10 heteroatoms. The molecule has 1 fully saturated rings. The Hall–Kier alpha value is -2.75. The number of fused-ring (bicyclic) bond motifs is 1. The standard InChI is InChI=1S/C22H20F4N2O3S/c1-13-6-16(23)10-17(7-13)32(30,31)18-8-14(9-18)2-4-20(29)19-12-28-11-15(22(24,25)26)3-5-21(28)27-19/h3,5-7,10-12,14,18H,2,4,8-9H2,1H3. The third-order valence-electron chi connectivity index (χ3n) is 5.82. The van der Waals surface area contributed by atoms with Crippen LogP contribution in [-0.4, -0.2) is 28.8 Å². The van der Waals surface area contributed by atoms with Crippen molar-refractivity contribution >= 4 is 21.3 Å². The van der Waals surface area contributed by atoms with Crippen molar-refractivity contribution in [2.24, 2.45) is 5.92 Å². The topological polar surface area (TPSA) is 68.5 Å². The van der Waals surface area contributed by atoms with Crippen LogP contribution >= 0.6 is 0 Å². The van der Waals surface area contributed by atoms with Gasteiger partial charge in [-0.05, 0) is 68.0 Å². The molecule has 1 aromatic carbocycles. The van der Waals surface area contributed by atoms with Gasteiger partial charge in [0.25, 0.3) is 0 Å². The fourth-order valence-electron chi connectivity index (χ4n) is 3.98. The van der Waals surface area contributed by atoms with Gasteiger partial charge in [0.2, 0.25) is 0 Å². The number of nitrogens with zero attached hydrogens (tertiary/aromatic N) is 2. The summed E-state index contributed by atoms with van der Waals surface area (Å²) < 4.78 is 78.7. The van der Waals surface area contributed by atoms with E-state index in [1.807, 2.05) is 0 Å². The Morgan fingerprint density at radius 3 is 2.53 bits per heavy atom. The summed E-state index contributed by atoms with van der Waals surface area (Å²) in [4.78, 5) is 16.5. The SMILES string of the molecule is Cc1cc(F)cc(S(=O)(=O)C2CC(CCC(=O)c3cn4cc(C(F)(F)F)ccc4n3)C2)c1. The molecule has 1 aliphatic rings. The van der Waals surface area contributed by atoms with Gasteiger partial charge in [0.05, 0.1) is 15.7 Å². The number of halogens is 4. The van der Waals surface area contributed by atoms with E-state index in [4.69, 9.17) is 0 Å². The van der Waals surface area contributed by atoms with Crippen LogP contribution < -0.4 is 0 Å². The van der Waals surface area contributed by atoms with Gasteiger partial charge in [0.1, 0.15) is 17.2 Å². The van der Waals surface area contributed by atoms with Crippen molar-refractivity contribution in [1.29, 1.82) is 0 Å². The van der Waals surface area contributed by atoms with E-state index in [9.17, 15) is 30.8 Å². The van der Waals surface area contributed by atoms with E-state index >= 15 is 0 Å². The number of rotatable bonds is 6. The second kappa shape index (κ2) is 7.99. The smallest absolute Gasteiger partial charge is 0.306 e. The molecule has 4 rings (SSSR count). The highest BCUT2D eigenvalue weighted by Crippen LogP contribution is 2.39. The molecule has 0 radical (unpaired) electrons. The summed E-state index contributed by atoms with van der Waals surface area (Å²) in [6.07, 6.45) is -1.01. The summed E-state index contributed by atoms with van der Waals surface area (Å²) in [6, 6.07) is 5.84. The minimum absolute atomic E-state index is 0.0299. The molecule has 0 atom stereocenters. The molecule has 2 heterocycles. The number of hydrogen-bond donors (Lipinski definition) is 0. The molecule has 0 aliphatic heterocycles. The predicted molar refractivity (Wildman–Crippen MR) is 109 cm³/mol. The maximum absolute atomic E-state index is 13.6. The lowest BCUT2D eigenvalue weighted by atomic mass is 9.81. The van der Waals surface area contributed by atoms with Crippen LogP contribution in [0.2, 0.25) is 0 Å². The van der Waals surface area contributed by atoms with Gasteiger partial charge in [-0.25, -0.2) is 17.8 Å². The van der Waals surface area contributed by atoms with Gasteiger partial charge in [0.15, 0.2) is 15.6 Å². The molecule has 0 amide bonds. The Morgan fingerprint density at radius 1 is 1.16 bits per heavy atom. The normalized spacial score (nSPS) is 19.2. The van der Waals surface area contributed by atoms with Gasteiger partial charge in [0, 0.05) is 18.8 Å². The first kappa shape index (κ1) is 22.4. The molecular formula is C22H20F4N2O3S. The fraction of sp³-hybridized carbons (Fsp3) is 0.364. The molecule has 0 saturated heterocycles. The summed E-state index contributed by atoms with van der Waals surface area (Å²) in [5, 5.41) is -0.611. The molecule has 1 aliphatic carbocycles. The number of carbonyl (C=O) groups is 1. The largest absolute Gasteiger partial charge is 0.417 e. The lowest BCUT2D eigenvalue weighted by Gasteiger charge is -2.34. The van der Waals surface area contributed by atoms with E-state index in [1.54, 1.807) is 6.92 Å². The van der Waals surface area contributed by atoms with E-state index in [0.717, 1.165) is 18.3 Å². The van der Waals surface area contributed by atoms with E-state index in [-0.39, 0.29) is 34.4 Å². The summed E-state index contributed by atoms with van der Waals surface area (Å²) in [6.45, 7) is 1.63. The molecule has 0 unspecified atom stereocenters. The Bertz CT molecular complexity index is 1270. The van der Waals surface area contributed by atoms with Gasteiger partial charge in [-0.15, -0.1) is 0 Å². The van der Waals surface area contributed by atoms with Crippen LogP contribution in [0.1, 0.15) is 47.3 Å². The average molecular weight is 468 g/mol. The quantitative estimate of drug-likeness (QED) is 0.377. The van der Waals surface area contributed by atoms with E-state index < -0.39 is 32.6 Å². The van der Waals surface area contributed by atoms with Crippen LogP contribution in [0.25, 0.3) is 5.65 Å². The van der Waals surface area contributed by atoms with Crippen molar-refractivity contribution < 1.29 is 30.8 Å². The third-order valence-corrected chi connectivity index (χ3v) is 7.97. The molecule has 0 bridgehead atoms. The first-order valence-electron chi connectivity index (χ1n) is 10.0. The summed E-state index contributed by atoms with van der Waals surface area (Å²) in [5.74, 6) is -0.878. The second-order valence-electron chi connectivity index (χ2n) is 8.24. The maximum Gasteiger partial charge on any atom is 0.417 e. The van der Waals surface area contributed by atoms with Crippen LogP contribution in [-0.2, 0) is 16.0 Å². The molecule has 0 spiro atoms. The number of imidazole rings is 1. The van der Waals surface area contributed by atoms with E-state index in [0.29, 0.717) is 24.8 Å². The van der Waals surface area contributed by atoms with Crippen LogP contribution in [0.5, 0.6) is 0 Å².